The minimum atomic E-state index is -0.0828. The first-order valence-corrected chi connectivity index (χ1v) is 10.4. The molecule has 0 radical (unpaired) electrons. The van der Waals surface area contributed by atoms with Gasteiger partial charge in [0.05, 0.1) is 0 Å². The zero-order valence-corrected chi connectivity index (χ0v) is 17.0. The van der Waals surface area contributed by atoms with Gasteiger partial charge in [-0.15, -0.1) is 10.2 Å². The fraction of sp³-hybridized carbons (Fsp3) is 0.273. The summed E-state index contributed by atoms with van der Waals surface area (Å²) in [5.41, 5.74) is 3.14. The van der Waals surface area contributed by atoms with Crippen molar-refractivity contribution in [3.63, 3.8) is 0 Å². The highest BCUT2D eigenvalue weighted by molar-refractivity contribution is 7.15. The van der Waals surface area contributed by atoms with Gasteiger partial charge < -0.3 is 10.2 Å². The van der Waals surface area contributed by atoms with E-state index < -0.39 is 0 Å². The average Bonchev–Trinajstić information content (AvgIpc) is 3.34. The Bertz CT molecular complexity index is 1020. The first kappa shape index (κ1) is 19.3. The quantitative estimate of drug-likeness (QED) is 0.673. The SMILES string of the molecule is Cc1ccccc1N1C[C@H](c2nnc(NC(=O)CCc3ccccc3)s2)CC1=O. The molecule has 148 valence electrons. The highest BCUT2D eigenvalue weighted by Gasteiger charge is 2.34. The van der Waals surface area contributed by atoms with Crippen molar-refractivity contribution in [2.24, 2.45) is 0 Å². The minimum Gasteiger partial charge on any atom is -0.311 e. The highest BCUT2D eigenvalue weighted by atomic mass is 32.1. The van der Waals surface area contributed by atoms with Crippen LogP contribution in [0.25, 0.3) is 0 Å². The van der Waals surface area contributed by atoms with Crippen LogP contribution in [0.5, 0.6) is 0 Å². The van der Waals surface area contributed by atoms with E-state index in [1.54, 1.807) is 0 Å². The molecule has 2 amide bonds. The molecule has 1 aliphatic heterocycles. The van der Waals surface area contributed by atoms with E-state index in [4.69, 9.17) is 0 Å². The van der Waals surface area contributed by atoms with Crippen LogP contribution in [-0.2, 0) is 16.0 Å². The van der Waals surface area contributed by atoms with E-state index >= 15 is 0 Å². The molecule has 1 N–H and O–H groups in total. The molecule has 3 aromatic rings. The second-order valence-corrected chi connectivity index (χ2v) is 8.18. The molecule has 0 aliphatic carbocycles. The third kappa shape index (κ3) is 4.51. The number of carbonyl (C=O) groups excluding carboxylic acids is 2. The van der Waals surface area contributed by atoms with Gasteiger partial charge in [0.15, 0.2) is 0 Å². The van der Waals surface area contributed by atoms with Crippen molar-refractivity contribution < 1.29 is 9.59 Å². The summed E-state index contributed by atoms with van der Waals surface area (Å²) in [6.07, 6.45) is 1.48. The lowest BCUT2D eigenvalue weighted by molar-refractivity contribution is -0.117. The van der Waals surface area contributed by atoms with Crippen LogP contribution in [0.1, 0.15) is 34.9 Å². The summed E-state index contributed by atoms with van der Waals surface area (Å²) in [6.45, 7) is 2.59. The Hall–Kier alpha value is -3.06. The topological polar surface area (TPSA) is 75.2 Å². The monoisotopic (exact) mass is 406 g/mol. The van der Waals surface area contributed by atoms with Gasteiger partial charge in [-0.3, -0.25) is 9.59 Å². The molecular formula is C22H22N4O2S. The van der Waals surface area contributed by atoms with E-state index in [1.165, 1.54) is 11.3 Å². The van der Waals surface area contributed by atoms with Gasteiger partial charge in [0.25, 0.3) is 0 Å². The van der Waals surface area contributed by atoms with E-state index in [2.05, 4.69) is 15.5 Å². The maximum atomic E-state index is 12.5. The minimum absolute atomic E-state index is 0.00502. The number of hydrogen-bond acceptors (Lipinski definition) is 5. The third-order valence-electron chi connectivity index (χ3n) is 5.05. The lowest BCUT2D eigenvalue weighted by Gasteiger charge is -2.18. The van der Waals surface area contributed by atoms with Crippen molar-refractivity contribution in [3.05, 3.63) is 70.7 Å². The number of nitrogens with one attached hydrogen (secondary N) is 1. The highest BCUT2D eigenvalue weighted by Crippen LogP contribution is 2.35. The third-order valence-corrected chi connectivity index (χ3v) is 6.05. The Kier molecular flexibility index (Phi) is 5.67. The van der Waals surface area contributed by atoms with Gasteiger partial charge in [0.2, 0.25) is 16.9 Å². The summed E-state index contributed by atoms with van der Waals surface area (Å²) < 4.78 is 0. The standard InChI is InChI=1S/C22H22N4O2S/c1-15-7-5-6-10-18(15)26-14-17(13-20(26)28)21-24-25-22(29-21)23-19(27)12-11-16-8-3-2-4-9-16/h2-10,17H,11-14H2,1H3,(H,23,25,27)/t17-/m1/s1. The van der Waals surface area contributed by atoms with Crippen molar-refractivity contribution in [1.82, 2.24) is 10.2 Å². The number of anilines is 2. The van der Waals surface area contributed by atoms with Crippen molar-refractivity contribution in [2.75, 3.05) is 16.8 Å². The number of nitrogens with zero attached hydrogens (tertiary/aromatic N) is 3. The van der Waals surface area contributed by atoms with Crippen LogP contribution in [0.4, 0.5) is 10.8 Å². The maximum Gasteiger partial charge on any atom is 0.227 e. The molecule has 0 spiro atoms. The van der Waals surface area contributed by atoms with Crippen LogP contribution in [0.15, 0.2) is 54.6 Å². The number of para-hydroxylation sites is 1. The lowest BCUT2D eigenvalue weighted by atomic mass is 10.1. The molecule has 6 nitrogen and oxygen atoms in total. The molecule has 0 unspecified atom stereocenters. The second-order valence-electron chi connectivity index (χ2n) is 7.17. The van der Waals surface area contributed by atoms with Crippen molar-refractivity contribution >= 4 is 34.0 Å². The summed E-state index contributed by atoms with van der Waals surface area (Å²) in [7, 11) is 0. The summed E-state index contributed by atoms with van der Waals surface area (Å²) >= 11 is 1.35. The van der Waals surface area contributed by atoms with Crippen LogP contribution in [-0.4, -0.2) is 28.6 Å². The molecule has 1 saturated heterocycles. The summed E-state index contributed by atoms with van der Waals surface area (Å²) in [4.78, 5) is 26.6. The number of amides is 2. The maximum absolute atomic E-state index is 12.5. The zero-order valence-electron chi connectivity index (χ0n) is 16.2. The molecule has 1 atom stereocenters. The summed E-state index contributed by atoms with van der Waals surface area (Å²) in [5.74, 6) is 0.00288. The Morgan fingerprint density at radius 1 is 1.14 bits per heavy atom. The predicted octanol–water partition coefficient (Wildman–Crippen LogP) is 3.94. The number of aryl methyl sites for hydroxylation is 2. The molecular weight excluding hydrogens is 384 g/mol. The van der Waals surface area contributed by atoms with Gasteiger partial charge in [0, 0.05) is 31.0 Å². The first-order chi connectivity index (χ1) is 14.1. The molecule has 1 aromatic heterocycles. The lowest BCUT2D eigenvalue weighted by Crippen LogP contribution is -2.25. The van der Waals surface area contributed by atoms with E-state index in [0.29, 0.717) is 30.9 Å². The van der Waals surface area contributed by atoms with E-state index in [-0.39, 0.29) is 17.7 Å². The van der Waals surface area contributed by atoms with Crippen LogP contribution in [0.3, 0.4) is 0 Å². The zero-order chi connectivity index (χ0) is 20.2. The first-order valence-electron chi connectivity index (χ1n) is 9.63. The molecule has 0 bridgehead atoms. The number of carbonyl (C=O) groups is 2. The van der Waals surface area contributed by atoms with Crippen LogP contribution in [0, 0.1) is 6.92 Å². The van der Waals surface area contributed by atoms with Gasteiger partial charge in [-0.05, 0) is 30.5 Å². The number of benzene rings is 2. The van der Waals surface area contributed by atoms with E-state index in [1.807, 2.05) is 66.4 Å². The fourth-order valence-corrected chi connectivity index (χ4v) is 4.36. The van der Waals surface area contributed by atoms with E-state index in [9.17, 15) is 9.59 Å². The molecule has 1 fully saturated rings. The van der Waals surface area contributed by atoms with Crippen molar-refractivity contribution in [1.29, 1.82) is 0 Å². The number of rotatable bonds is 6. The molecule has 0 saturated carbocycles. The van der Waals surface area contributed by atoms with Crippen molar-refractivity contribution in [3.8, 4) is 0 Å². The van der Waals surface area contributed by atoms with Crippen LogP contribution < -0.4 is 10.2 Å². The molecule has 2 heterocycles. The Morgan fingerprint density at radius 2 is 1.90 bits per heavy atom. The van der Waals surface area contributed by atoms with Gasteiger partial charge in [-0.25, -0.2) is 0 Å². The van der Waals surface area contributed by atoms with E-state index in [0.717, 1.165) is 21.8 Å². The van der Waals surface area contributed by atoms with Gasteiger partial charge >= 0.3 is 0 Å². The number of hydrogen-bond donors (Lipinski definition) is 1. The molecule has 2 aromatic carbocycles. The Morgan fingerprint density at radius 3 is 2.69 bits per heavy atom. The average molecular weight is 407 g/mol. The van der Waals surface area contributed by atoms with Crippen LogP contribution in [0.2, 0.25) is 0 Å². The van der Waals surface area contributed by atoms with Gasteiger partial charge in [0.1, 0.15) is 5.01 Å². The Balaban J connectivity index is 1.36. The molecule has 29 heavy (non-hydrogen) atoms. The molecule has 7 heteroatoms. The second kappa shape index (κ2) is 8.53. The van der Waals surface area contributed by atoms with Crippen LogP contribution >= 0.6 is 11.3 Å². The summed E-state index contributed by atoms with van der Waals surface area (Å²) in [6, 6.07) is 17.8. The normalized spacial score (nSPS) is 16.2. The molecule has 4 rings (SSSR count). The predicted molar refractivity (Wildman–Crippen MR) is 114 cm³/mol. The molecule has 1 aliphatic rings. The Labute approximate surface area is 173 Å². The largest absolute Gasteiger partial charge is 0.311 e. The van der Waals surface area contributed by atoms with Gasteiger partial charge in [-0.1, -0.05) is 59.9 Å². The van der Waals surface area contributed by atoms with Crippen molar-refractivity contribution in [2.45, 2.75) is 32.1 Å². The smallest absolute Gasteiger partial charge is 0.227 e. The fourth-order valence-electron chi connectivity index (χ4n) is 3.51. The number of aromatic nitrogens is 2. The van der Waals surface area contributed by atoms with Gasteiger partial charge in [-0.2, -0.15) is 0 Å². The summed E-state index contributed by atoms with van der Waals surface area (Å²) in [5, 5.41) is 12.4.